The van der Waals surface area contributed by atoms with Gasteiger partial charge in [0.05, 0.1) is 12.1 Å². The lowest BCUT2D eigenvalue weighted by atomic mass is 9.98. The molecule has 0 saturated carbocycles. The minimum absolute atomic E-state index is 0.0327. The molecule has 2 aromatic carbocycles. The molecule has 0 radical (unpaired) electrons. The predicted octanol–water partition coefficient (Wildman–Crippen LogP) is 4.02. The highest BCUT2D eigenvalue weighted by Crippen LogP contribution is 2.24. The van der Waals surface area contributed by atoms with Crippen LogP contribution in [0.3, 0.4) is 0 Å². The van der Waals surface area contributed by atoms with Crippen LogP contribution in [0.25, 0.3) is 11.1 Å². The van der Waals surface area contributed by atoms with Crippen molar-refractivity contribution in [1.82, 2.24) is 14.3 Å². The Labute approximate surface area is 174 Å². The van der Waals surface area contributed by atoms with Crippen LogP contribution in [0.15, 0.2) is 53.3 Å². The van der Waals surface area contributed by atoms with Crippen molar-refractivity contribution in [2.45, 2.75) is 46.1 Å². The summed E-state index contributed by atoms with van der Waals surface area (Å²) in [6, 6.07) is 14.2. The Morgan fingerprint density at radius 1 is 1.07 bits per heavy atom. The monoisotopic (exact) mass is 407 g/mol. The summed E-state index contributed by atoms with van der Waals surface area (Å²) in [4.78, 5) is 36.4. The Morgan fingerprint density at radius 2 is 1.73 bits per heavy atom. The van der Waals surface area contributed by atoms with Crippen LogP contribution in [0.5, 0.6) is 0 Å². The summed E-state index contributed by atoms with van der Waals surface area (Å²) >= 11 is 0. The number of aromatic carboxylic acids is 1. The third kappa shape index (κ3) is 4.10. The normalized spacial score (nSPS) is 12.0. The second kappa shape index (κ2) is 8.90. The SMILES string of the molecule is CCC(=O)n1nc(C(C)CC)n(Cc2ccc(-c3ccccc3C(=O)O)cc2)c1=O. The van der Waals surface area contributed by atoms with Crippen molar-refractivity contribution >= 4 is 11.9 Å². The highest BCUT2D eigenvalue weighted by atomic mass is 16.4. The van der Waals surface area contributed by atoms with Crippen molar-refractivity contribution in [2.75, 3.05) is 0 Å². The molecule has 1 aromatic heterocycles. The molecule has 0 bridgehead atoms. The summed E-state index contributed by atoms with van der Waals surface area (Å²) in [5, 5.41) is 13.7. The van der Waals surface area contributed by atoms with E-state index in [1.54, 1.807) is 35.8 Å². The van der Waals surface area contributed by atoms with Crippen LogP contribution < -0.4 is 5.69 Å². The van der Waals surface area contributed by atoms with Crippen molar-refractivity contribution in [2.24, 2.45) is 0 Å². The number of rotatable bonds is 7. The number of benzene rings is 2. The molecule has 1 unspecified atom stereocenters. The Kier molecular flexibility index (Phi) is 6.30. The molecule has 0 aliphatic carbocycles. The summed E-state index contributed by atoms with van der Waals surface area (Å²) in [7, 11) is 0. The maximum Gasteiger partial charge on any atom is 0.353 e. The molecule has 0 aliphatic rings. The zero-order valence-electron chi connectivity index (χ0n) is 17.3. The first-order chi connectivity index (χ1) is 14.4. The number of aromatic nitrogens is 3. The fourth-order valence-electron chi connectivity index (χ4n) is 3.31. The highest BCUT2D eigenvalue weighted by Gasteiger charge is 2.21. The van der Waals surface area contributed by atoms with E-state index in [9.17, 15) is 19.5 Å². The van der Waals surface area contributed by atoms with E-state index in [4.69, 9.17) is 0 Å². The smallest absolute Gasteiger partial charge is 0.353 e. The average molecular weight is 407 g/mol. The lowest BCUT2D eigenvalue weighted by Crippen LogP contribution is -2.30. The van der Waals surface area contributed by atoms with Crippen LogP contribution in [0.2, 0.25) is 0 Å². The largest absolute Gasteiger partial charge is 0.478 e. The van der Waals surface area contributed by atoms with Crippen LogP contribution in [0, 0.1) is 0 Å². The maximum atomic E-state index is 12.8. The summed E-state index contributed by atoms with van der Waals surface area (Å²) < 4.78 is 2.50. The molecule has 3 aromatic rings. The van der Waals surface area contributed by atoms with E-state index in [1.807, 2.05) is 38.1 Å². The Hall–Kier alpha value is -3.48. The van der Waals surface area contributed by atoms with E-state index in [2.05, 4.69) is 5.10 Å². The van der Waals surface area contributed by atoms with Crippen LogP contribution in [-0.4, -0.2) is 31.3 Å². The first-order valence-corrected chi connectivity index (χ1v) is 10.0. The number of hydrogen-bond donors (Lipinski definition) is 1. The van der Waals surface area contributed by atoms with E-state index >= 15 is 0 Å². The van der Waals surface area contributed by atoms with Gasteiger partial charge in [0.15, 0.2) is 0 Å². The van der Waals surface area contributed by atoms with Crippen molar-refractivity contribution in [1.29, 1.82) is 0 Å². The molecule has 0 aliphatic heterocycles. The molecule has 156 valence electrons. The van der Waals surface area contributed by atoms with Gasteiger partial charge in [-0.1, -0.05) is 63.2 Å². The van der Waals surface area contributed by atoms with Gasteiger partial charge in [-0.2, -0.15) is 0 Å². The molecule has 0 amide bonds. The van der Waals surface area contributed by atoms with Gasteiger partial charge in [0, 0.05) is 12.3 Å². The third-order valence-electron chi connectivity index (χ3n) is 5.25. The number of carboxylic acid groups (broad SMARTS) is 1. The Balaban J connectivity index is 1.96. The van der Waals surface area contributed by atoms with Crippen molar-refractivity contribution < 1.29 is 14.7 Å². The molecule has 30 heavy (non-hydrogen) atoms. The van der Waals surface area contributed by atoms with Gasteiger partial charge < -0.3 is 5.11 Å². The van der Waals surface area contributed by atoms with E-state index in [0.29, 0.717) is 11.4 Å². The summed E-state index contributed by atoms with van der Waals surface area (Å²) in [5.74, 6) is -0.689. The van der Waals surface area contributed by atoms with Crippen LogP contribution in [0.4, 0.5) is 0 Å². The van der Waals surface area contributed by atoms with Crippen LogP contribution in [-0.2, 0) is 6.54 Å². The third-order valence-corrected chi connectivity index (χ3v) is 5.25. The fourth-order valence-corrected chi connectivity index (χ4v) is 3.31. The van der Waals surface area contributed by atoms with Gasteiger partial charge in [-0.3, -0.25) is 9.36 Å². The summed E-state index contributed by atoms with van der Waals surface area (Å²) in [5.41, 5.74) is 2.08. The molecular formula is C23H25N3O4. The molecule has 7 nitrogen and oxygen atoms in total. The number of carbonyl (C=O) groups is 2. The molecule has 3 rings (SSSR count). The number of nitrogens with zero attached hydrogens (tertiary/aromatic N) is 3. The zero-order chi connectivity index (χ0) is 21.8. The van der Waals surface area contributed by atoms with Gasteiger partial charge in [-0.05, 0) is 29.2 Å². The number of carbonyl (C=O) groups excluding carboxylic acids is 1. The van der Waals surface area contributed by atoms with Crippen molar-refractivity contribution in [3.05, 3.63) is 76.0 Å². The van der Waals surface area contributed by atoms with Gasteiger partial charge in [-0.15, -0.1) is 9.78 Å². The van der Waals surface area contributed by atoms with Gasteiger partial charge in [-0.25, -0.2) is 9.59 Å². The standard InChI is InChI=1S/C23H25N3O4/c1-4-15(3)21-24-26(20(27)5-2)23(30)25(21)14-16-10-12-17(13-11-16)18-8-6-7-9-19(18)22(28)29/h6-13,15H,4-5,14H2,1-3H3,(H,28,29). The number of carboxylic acids is 1. The molecular weight excluding hydrogens is 382 g/mol. The maximum absolute atomic E-state index is 12.8. The minimum atomic E-state index is -0.979. The lowest BCUT2D eigenvalue weighted by Gasteiger charge is -2.11. The van der Waals surface area contributed by atoms with E-state index < -0.39 is 11.7 Å². The molecule has 1 N–H and O–H groups in total. The second-order valence-electron chi connectivity index (χ2n) is 7.24. The van der Waals surface area contributed by atoms with Crippen molar-refractivity contribution in [3.63, 3.8) is 0 Å². The Bertz CT molecular complexity index is 1130. The first-order valence-electron chi connectivity index (χ1n) is 10.0. The molecule has 0 fully saturated rings. The molecule has 0 saturated heterocycles. The van der Waals surface area contributed by atoms with E-state index in [1.165, 1.54) is 0 Å². The quantitative estimate of drug-likeness (QED) is 0.638. The number of hydrogen-bond acceptors (Lipinski definition) is 4. The van der Waals surface area contributed by atoms with Gasteiger partial charge in [0.2, 0.25) is 0 Å². The molecule has 0 spiro atoms. The van der Waals surface area contributed by atoms with Crippen LogP contribution in [0.1, 0.15) is 66.1 Å². The van der Waals surface area contributed by atoms with Crippen LogP contribution >= 0.6 is 0 Å². The first kappa shape index (κ1) is 21.2. The van der Waals surface area contributed by atoms with Gasteiger partial charge in [0.1, 0.15) is 5.82 Å². The molecule has 1 heterocycles. The lowest BCUT2D eigenvalue weighted by molar-refractivity contribution is 0.0697. The van der Waals surface area contributed by atoms with Gasteiger partial charge in [0.25, 0.3) is 5.91 Å². The zero-order valence-corrected chi connectivity index (χ0v) is 17.3. The van der Waals surface area contributed by atoms with Gasteiger partial charge >= 0.3 is 11.7 Å². The van der Waals surface area contributed by atoms with E-state index in [0.717, 1.165) is 22.2 Å². The molecule has 7 heteroatoms. The van der Waals surface area contributed by atoms with Crippen molar-refractivity contribution in [3.8, 4) is 11.1 Å². The fraction of sp³-hybridized carbons (Fsp3) is 0.304. The minimum Gasteiger partial charge on any atom is -0.478 e. The second-order valence-corrected chi connectivity index (χ2v) is 7.24. The highest BCUT2D eigenvalue weighted by molar-refractivity contribution is 5.95. The predicted molar refractivity (Wildman–Crippen MR) is 114 cm³/mol. The summed E-state index contributed by atoms with van der Waals surface area (Å²) in [6.07, 6.45) is 0.996. The average Bonchev–Trinajstić information content (AvgIpc) is 3.09. The Morgan fingerprint density at radius 3 is 2.33 bits per heavy atom. The molecule has 1 atom stereocenters. The van der Waals surface area contributed by atoms with E-state index in [-0.39, 0.29) is 30.4 Å². The topological polar surface area (TPSA) is 94.2 Å². The summed E-state index contributed by atoms with van der Waals surface area (Å²) in [6.45, 7) is 5.97.